The number of carboxylic acids is 1. The zero-order valence-electron chi connectivity index (χ0n) is 12.1. The highest BCUT2D eigenvalue weighted by molar-refractivity contribution is 5.75. The van der Waals surface area contributed by atoms with Crippen molar-refractivity contribution in [3.05, 3.63) is 0 Å². The van der Waals surface area contributed by atoms with Crippen LogP contribution in [0.4, 0.5) is 4.79 Å². The maximum atomic E-state index is 12.0. The van der Waals surface area contributed by atoms with E-state index in [1.807, 2.05) is 0 Å². The van der Waals surface area contributed by atoms with Gasteiger partial charge < -0.3 is 20.5 Å². The number of carbonyl (C=O) groups excluding carboxylic acids is 1. The number of ether oxygens (including phenoxy) is 1. The molecular formula is C14H24N2O4. The summed E-state index contributed by atoms with van der Waals surface area (Å²) in [6, 6.07) is -0.0683. The van der Waals surface area contributed by atoms with Crippen LogP contribution in [0.5, 0.6) is 0 Å². The molecule has 6 heteroatoms. The molecule has 0 bridgehead atoms. The van der Waals surface area contributed by atoms with Crippen LogP contribution in [0, 0.1) is 11.3 Å². The Bertz CT molecular complexity index is 375. The molecule has 0 aromatic carbocycles. The van der Waals surface area contributed by atoms with Crippen LogP contribution in [0.25, 0.3) is 0 Å². The van der Waals surface area contributed by atoms with E-state index in [0.717, 1.165) is 12.8 Å². The Labute approximate surface area is 119 Å². The van der Waals surface area contributed by atoms with E-state index in [1.54, 1.807) is 0 Å². The Balaban J connectivity index is 1.74. The Morgan fingerprint density at radius 2 is 1.80 bits per heavy atom. The van der Waals surface area contributed by atoms with Gasteiger partial charge in [-0.1, -0.05) is 13.8 Å². The quantitative estimate of drug-likeness (QED) is 0.730. The molecular weight excluding hydrogens is 260 g/mol. The van der Waals surface area contributed by atoms with Crippen molar-refractivity contribution in [2.75, 3.05) is 13.2 Å². The minimum Gasteiger partial charge on any atom is -0.481 e. The molecule has 1 heterocycles. The van der Waals surface area contributed by atoms with Gasteiger partial charge in [0.2, 0.25) is 0 Å². The number of rotatable bonds is 3. The van der Waals surface area contributed by atoms with E-state index in [9.17, 15) is 9.59 Å². The first-order chi connectivity index (χ1) is 9.38. The van der Waals surface area contributed by atoms with Crippen molar-refractivity contribution >= 4 is 12.0 Å². The first-order valence-corrected chi connectivity index (χ1v) is 7.26. The summed E-state index contributed by atoms with van der Waals surface area (Å²) in [4.78, 5) is 22.8. The molecule has 2 aliphatic rings. The van der Waals surface area contributed by atoms with Crippen molar-refractivity contribution in [3.8, 4) is 0 Å². The maximum absolute atomic E-state index is 12.0. The molecule has 20 heavy (non-hydrogen) atoms. The van der Waals surface area contributed by atoms with Gasteiger partial charge in [0, 0.05) is 11.5 Å². The van der Waals surface area contributed by atoms with Gasteiger partial charge in [-0.3, -0.25) is 4.79 Å². The summed E-state index contributed by atoms with van der Waals surface area (Å²) in [6.07, 6.45) is 2.74. The van der Waals surface area contributed by atoms with Gasteiger partial charge in [-0.2, -0.15) is 0 Å². The summed E-state index contributed by atoms with van der Waals surface area (Å²) in [5, 5.41) is 14.8. The van der Waals surface area contributed by atoms with Gasteiger partial charge in [-0.05, 0) is 25.7 Å². The van der Waals surface area contributed by atoms with Crippen molar-refractivity contribution in [1.82, 2.24) is 10.6 Å². The third-order valence-corrected chi connectivity index (χ3v) is 4.42. The number of nitrogens with one attached hydrogen (secondary N) is 2. The molecule has 0 spiro atoms. The SMILES string of the molecule is CC1(C)COCC1NC(=O)NC1CCC(C(=O)O)CC1. The van der Waals surface area contributed by atoms with Crippen LogP contribution in [0.1, 0.15) is 39.5 Å². The van der Waals surface area contributed by atoms with Crippen LogP contribution in [-0.2, 0) is 9.53 Å². The molecule has 2 fully saturated rings. The number of aliphatic carboxylic acids is 1. The van der Waals surface area contributed by atoms with E-state index >= 15 is 0 Å². The number of amides is 2. The summed E-state index contributed by atoms with van der Waals surface area (Å²) in [7, 11) is 0. The van der Waals surface area contributed by atoms with E-state index in [0.29, 0.717) is 26.1 Å². The number of hydrogen-bond acceptors (Lipinski definition) is 3. The largest absolute Gasteiger partial charge is 0.481 e. The fourth-order valence-electron chi connectivity index (χ4n) is 2.87. The topological polar surface area (TPSA) is 87.7 Å². The van der Waals surface area contributed by atoms with Crippen LogP contribution in [0.15, 0.2) is 0 Å². The highest BCUT2D eigenvalue weighted by Crippen LogP contribution is 2.27. The molecule has 2 rings (SSSR count). The fraction of sp³-hybridized carbons (Fsp3) is 0.857. The third kappa shape index (κ3) is 3.62. The minimum absolute atomic E-state index is 0.0258. The smallest absolute Gasteiger partial charge is 0.315 e. The van der Waals surface area contributed by atoms with Crippen LogP contribution >= 0.6 is 0 Å². The highest BCUT2D eigenvalue weighted by atomic mass is 16.5. The lowest BCUT2D eigenvalue weighted by molar-refractivity contribution is -0.142. The highest BCUT2D eigenvalue weighted by Gasteiger charge is 2.37. The van der Waals surface area contributed by atoms with Crippen LogP contribution in [-0.4, -0.2) is 42.4 Å². The van der Waals surface area contributed by atoms with Crippen LogP contribution in [0.3, 0.4) is 0 Å². The Morgan fingerprint density at radius 3 is 2.30 bits per heavy atom. The normalized spacial score (nSPS) is 32.6. The second-order valence-electron chi connectivity index (χ2n) is 6.56. The molecule has 1 aliphatic carbocycles. The first kappa shape index (κ1) is 15.1. The van der Waals surface area contributed by atoms with Gasteiger partial charge in [0.25, 0.3) is 0 Å². The van der Waals surface area contributed by atoms with Gasteiger partial charge in [0.15, 0.2) is 0 Å². The maximum Gasteiger partial charge on any atom is 0.315 e. The molecule has 6 nitrogen and oxygen atoms in total. The molecule has 1 atom stereocenters. The summed E-state index contributed by atoms with van der Waals surface area (Å²) in [6.45, 7) is 5.35. The average molecular weight is 284 g/mol. The van der Waals surface area contributed by atoms with Crippen LogP contribution in [0.2, 0.25) is 0 Å². The van der Waals surface area contributed by atoms with E-state index in [1.165, 1.54) is 0 Å². The molecule has 0 radical (unpaired) electrons. The van der Waals surface area contributed by atoms with E-state index in [2.05, 4.69) is 24.5 Å². The minimum atomic E-state index is -0.724. The lowest BCUT2D eigenvalue weighted by Gasteiger charge is -2.29. The van der Waals surface area contributed by atoms with Crippen molar-refractivity contribution in [3.63, 3.8) is 0 Å². The Morgan fingerprint density at radius 1 is 1.15 bits per heavy atom. The van der Waals surface area contributed by atoms with E-state index < -0.39 is 5.97 Å². The van der Waals surface area contributed by atoms with Gasteiger partial charge in [0.1, 0.15) is 0 Å². The second kappa shape index (κ2) is 5.99. The van der Waals surface area contributed by atoms with Gasteiger partial charge in [-0.25, -0.2) is 4.79 Å². The summed E-state index contributed by atoms with van der Waals surface area (Å²) in [5.74, 6) is -0.976. The van der Waals surface area contributed by atoms with Crippen molar-refractivity contribution in [2.24, 2.45) is 11.3 Å². The average Bonchev–Trinajstić information content (AvgIpc) is 2.69. The van der Waals surface area contributed by atoms with Gasteiger partial charge >= 0.3 is 12.0 Å². The lowest BCUT2D eigenvalue weighted by atomic mass is 9.86. The zero-order chi connectivity index (χ0) is 14.8. The van der Waals surface area contributed by atoms with Crippen molar-refractivity contribution in [1.29, 1.82) is 0 Å². The van der Waals surface area contributed by atoms with Gasteiger partial charge in [-0.15, -0.1) is 0 Å². The zero-order valence-corrected chi connectivity index (χ0v) is 12.1. The number of urea groups is 1. The van der Waals surface area contributed by atoms with Crippen LogP contribution < -0.4 is 10.6 Å². The monoisotopic (exact) mass is 284 g/mol. The predicted octanol–water partition coefficient (Wildman–Crippen LogP) is 1.35. The standard InChI is InChI=1S/C14H24N2O4/c1-14(2)8-20-7-11(14)16-13(19)15-10-5-3-9(4-6-10)12(17)18/h9-11H,3-8H2,1-2H3,(H,17,18)(H2,15,16,19). The molecule has 3 N–H and O–H groups in total. The molecule has 114 valence electrons. The molecule has 1 saturated heterocycles. The predicted molar refractivity (Wildman–Crippen MR) is 73.4 cm³/mol. The summed E-state index contributed by atoms with van der Waals surface area (Å²) >= 11 is 0. The molecule has 1 unspecified atom stereocenters. The molecule has 2 amide bonds. The number of hydrogen-bond donors (Lipinski definition) is 3. The summed E-state index contributed by atoms with van der Waals surface area (Å²) < 4.78 is 5.40. The lowest BCUT2D eigenvalue weighted by Crippen LogP contribution is -2.51. The first-order valence-electron chi connectivity index (χ1n) is 7.26. The van der Waals surface area contributed by atoms with Crippen molar-refractivity contribution < 1.29 is 19.4 Å². The van der Waals surface area contributed by atoms with Crippen molar-refractivity contribution in [2.45, 2.75) is 51.6 Å². The number of carboxylic acid groups (broad SMARTS) is 1. The summed E-state index contributed by atoms with van der Waals surface area (Å²) in [5.41, 5.74) is -0.0433. The van der Waals surface area contributed by atoms with E-state index in [4.69, 9.17) is 9.84 Å². The van der Waals surface area contributed by atoms with E-state index in [-0.39, 0.29) is 29.4 Å². The molecule has 1 saturated carbocycles. The fourth-order valence-corrected chi connectivity index (χ4v) is 2.87. The Kier molecular flexibility index (Phi) is 4.52. The third-order valence-electron chi connectivity index (χ3n) is 4.42. The number of carbonyl (C=O) groups is 2. The van der Waals surface area contributed by atoms with Gasteiger partial charge in [0.05, 0.1) is 25.2 Å². The Hall–Kier alpha value is -1.30. The molecule has 0 aromatic rings. The molecule has 1 aliphatic heterocycles. The second-order valence-corrected chi connectivity index (χ2v) is 6.56. The molecule has 0 aromatic heterocycles.